The third kappa shape index (κ3) is 2.24. The zero-order valence-electron chi connectivity index (χ0n) is 16.0. The number of hydrogen-bond acceptors (Lipinski definition) is 1. The highest BCUT2D eigenvalue weighted by molar-refractivity contribution is 5.44. The molecule has 0 bridgehead atoms. The Bertz CT molecular complexity index is 641. The molecule has 1 N–H and O–H groups in total. The van der Waals surface area contributed by atoms with Crippen LogP contribution < -0.4 is 0 Å². The maximum atomic E-state index is 10.6. The molecule has 5 aliphatic carbocycles. The van der Waals surface area contributed by atoms with Gasteiger partial charge in [-0.1, -0.05) is 43.7 Å². The van der Waals surface area contributed by atoms with E-state index in [1.807, 2.05) is 0 Å². The molecule has 5 aliphatic rings. The third-order valence-electron chi connectivity index (χ3n) is 9.54. The van der Waals surface area contributed by atoms with Crippen LogP contribution in [-0.4, -0.2) is 11.2 Å². The van der Waals surface area contributed by atoms with Crippen molar-refractivity contribution in [2.75, 3.05) is 0 Å². The van der Waals surface area contributed by atoms with Crippen LogP contribution in [0.15, 0.2) is 35.5 Å². The van der Waals surface area contributed by atoms with Crippen molar-refractivity contribution in [3.8, 4) is 0 Å². The summed E-state index contributed by atoms with van der Waals surface area (Å²) >= 11 is 0. The van der Waals surface area contributed by atoms with E-state index in [2.05, 4.69) is 38.2 Å². The largest absolute Gasteiger partial charge is 0.393 e. The summed E-state index contributed by atoms with van der Waals surface area (Å²) in [7, 11) is 0. The molecule has 0 saturated heterocycles. The van der Waals surface area contributed by atoms with E-state index < -0.39 is 0 Å². The van der Waals surface area contributed by atoms with Crippen molar-refractivity contribution < 1.29 is 5.11 Å². The van der Waals surface area contributed by atoms with Crippen LogP contribution in [0.2, 0.25) is 0 Å². The van der Waals surface area contributed by atoms with Gasteiger partial charge in [0.1, 0.15) is 0 Å². The van der Waals surface area contributed by atoms with Gasteiger partial charge < -0.3 is 5.11 Å². The Kier molecular flexibility index (Phi) is 3.66. The Morgan fingerprint density at radius 1 is 0.880 bits per heavy atom. The minimum absolute atomic E-state index is 0.0346. The van der Waals surface area contributed by atoms with Gasteiger partial charge in [-0.2, -0.15) is 0 Å². The fraction of sp³-hybridized carbons (Fsp3) is 0.750. The van der Waals surface area contributed by atoms with Gasteiger partial charge in [-0.3, -0.25) is 0 Å². The van der Waals surface area contributed by atoms with Crippen LogP contribution in [0.4, 0.5) is 0 Å². The van der Waals surface area contributed by atoms with E-state index in [0.717, 1.165) is 30.1 Å². The normalized spacial score (nSPS) is 51.4. The van der Waals surface area contributed by atoms with Crippen LogP contribution in [0.3, 0.4) is 0 Å². The lowest BCUT2D eigenvalue weighted by Crippen LogP contribution is -2.53. The Morgan fingerprint density at radius 2 is 1.64 bits per heavy atom. The van der Waals surface area contributed by atoms with Crippen molar-refractivity contribution in [2.24, 2.45) is 34.5 Å². The van der Waals surface area contributed by atoms with Crippen LogP contribution in [0.25, 0.3) is 0 Å². The molecule has 5 rings (SSSR count). The number of allylic oxidation sites excluding steroid dienone is 6. The lowest BCUT2D eigenvalue weighted by molar-refractivity contribution is -0.115. The topological polar surface area (TPSA) is 20.2 Å². The first-order valence-electron chi connectivity index (χ1n) is 10.8. The van der Waals surface area contributed by atoms with Crippen molar-refractivity contribution in [3.63, 3.8) is 0 Å². The number of hydrogen-bond donors (Lipinski definition) is 1. The molecule has 0 radical (unpaired) electrons. The average molecular weight is 339 g/mol. The van der Waals surface area contributed by atoms with Crippen molar-refractivity contribution in [2.45, 2.75) is 77.7 Å². The Hall–Kier alpha value is -0.820. The van der Waals surface area contributed by atoms with Crippen LogP contribution in [0.5, 0.6) is 0 Å². The summed E-state index contributed by atoms with van der Waals surface area (Å²) in [4.78, 5) is 0. The van der Waals surface area contributed by atoms with Crippen molar-refractivity contribution in [1.29, 1.82) is 0 Å². The zero-order chi connectivity index (χ0) is 17.2. The fourth-order valence-electron chi connectivity index (χ4n) is 7.92. The molecular weight excluding hydrogens is 304 g/mol. The van der Waals surface area contributed by atoms with Crippen LogP contribution in [0, 0.1) is 34.5 Å². The molecule has 136 valence electrons. The zero-order valence-corrected chi connectivity index (χ0v) is 16.0. The smallest absolute Gasteiger partial charge is 0.0596 e. The van der Waals surface area contributed by atoms with Gasteiger partial charge in [0, 0.05) is 0 Å². The molecule has 0 aromatic rings. The number of fused-ring (bicyclic) bond motifs is 5. The summed E-state index contributed by atoms with van der Waals surface area (Å²) in [6.07, 6.45) is 20.8. The van der Waals surface area contributed by atoms with Gasteiger partial charge in [0.15, 0.2) is 0 Å². The van der Waals surface area contributed by atoms with E-state index in [9.17, 15) is 5.11 Å². The van der Waals surface area contributed by atoms with E-state index in [-0.39, 0.29) is 11.5 Å². The Balaban J connectivity index is 1.42. The van der Waals surface area contributed by atoms with Crippen molar-refractivity contribution >= 4 is 0 Å². The maximum Gasteiger partial charge on any atom is 0.0596 e. The molecule has 1 heteroatoms. The molecule has 0 aromatic carbocycles. The summed E-state index contributed by atoms with van der Waals surface area (Å²) in [5.74, 6) is 3.48. The minimum Gasteiger partial charge on any atom is -0.393 e. The van der Waals surface area contributed by atoms with Crippen LogP contribution in [0.1, 0.15) is 71.6 Å². The molecule has 7 atom stereocenters. The van der Waals surface area contributed by atoms with Gasteiger partial charge in [0.05, 0.1) is 6.10 Å². The summed E-state index contributed by atoms with van der Waals surface area (Å²) in [6.45, 7) is 5.05. The van der Waals surface area contributed by atoms with Gasteiger partial charge in [0.25, 0.3) is 0 Å². The monoisotopic (exact) mass is 338 g/mol. The van der Waals surface area contributed by atoms with Gasteiger partial charge in [0.2, 0.25) is 0 Å². The third-order valence-corrected chi connectivity index (χ3v) is 9.54. The van der Waals surface area contributed by atoms with Gasteiger partial charge in [-0.25, -0.2) is 0 Å². The van der Waals surface area contributed by atoms with Crippen LogP contribution in [-0.2, 0) is 0 Å². The summed E-state index contributed by atoms with van der Waals surface area (Å²) in [5.41, 5.74) is 4.02. The molecule has 4 saturated carbocycles. The second-order valence-corrected chi connectivity index (χ2v) is 10.3. The van der Waals surface area contributed by atoms with E-state index >= 15 is 0 Å². The van der Waals surface area contributed by atoms with E-state index in [0.29, 0.717) is 5.41 Å². The number of rotatable bonds is 0. The molecule has 1 nitrogen and oxygen atoms in total. The average Bonchev–Trinajstić information content (AvgIpc) is 3.23. The first-order valence-corrected chi connectivity index (χ1v) is 10.8. The van der Waals surface area contributed by atoms with Crippen molar-refractivity contribution in [3.05, 3.63) is 35.5 Å². The predicted molar refractivity (Wildman–Crippen MR) is 103 cm³/mol. The predicted octanol–water partition coefficient (Wildman–Crippen LogP) is 5.81. The molecule has 0 heterocycles. The SMILES string of the molecule is C[C@]12CCC(=C3C=CC=C3)C[C@@H]1CC[C@@H]1[C@@H]2CC[C@]2(C)[C@@H](O)CC[C@@H]12. The summed E-state index contributed by atoms with van der Waals surface area (Å²) in [5, 5.41) is 10.6. The standard InChI is InChI=1S/C24H34O/c1-23-13-11-17(16-5-3-4-6-16)15-18(23)7-8-19-20-9-10-22(25)24(20,2)14-12-21(19)23/h3-6,18-22,25H,7-15H2,1-2H3/t18-,19-,20-,21-,22-,23-,24-/m0/s1. The lowest BCUT2D eigenvalue weighted by atomic mass is 9.45. The fourth-order valence-corrected chi connectivity index (χ4v) is 7.92. The molecule has 25 heavy (non-hydrogen) atoms. The lowest BCUT2D eigenvalue weighted by Gasteiger charge is -2.60. The molecule has 0 amide bonds. The summed E-state index contributed by atoms with van der Waals surface area (Å²) < 4.78 is 0. The Morgan fingerprint density at radius 3 is 2.44 bits per heavy atom. The molecule has 0 unspecified atom stereocenters. The van der Waals surface area contributed by atoms with Gasteiger partial charge >= 0.3 is 0 Å². The minimum atomic E-state index is -0.0346. The second kappa shape index (κ2) is 5.59. The van der Waals surface area contributed by atoms with Gasteiger partial charge in [-0.05, 0) is 97.9 Å². The highest BCUT2D eigenvalue weighted by Crippen LogP contribution is 2.66. The maximum absolute atomic E-state index is 10.6. The number of aliphatic hydroxyl groups excluding tert-OH is 1. The van der Waals surface area contributed by atoms with E-state index in [1.54, 1.807) is 5.57 Å². The van der Waals surface area contributed by atoms with E-state index in [4.69, 9.17) is 0 Å². The molecule has 4 fully saturated rings. The second-order valence-electron chi connectivity index (χ2n) is 10.3. The molecule has 0 aromatic heterocycles. The highest BCUT2D eigenvalue weighted by Gasteiger charge is 2.59. The first kappa shape index (κ1) is 16.4. The summed E-state index contributed by atoms with van der Waals surface area (Å²) in [6, 6.07) is 0. The van der Waals surface area contributed by atoms with Crippen molar-refractivity contribution in [1.82, 2.24) is 0 Å². The highest BCUT2D eigenvalue weighted by atomic mass is 16.3. The molecular formula is C24H34O. The molecule has 0 aliphatic heterocycles. The number of aliphatic hydroxyl groups is 1. The molecule has 0 spiro atoms. The quantitative estimate of drug-likeness (QED) is 0.590. The van der Waals surface area contributed by atoms with Gasteiger partial charge in [-0.15, -0.1) is 0 Å². The Labute approximate surface area is 153 Å². The van der Waals surface area contributed by atoms with Crippen LogP contribution >= 0.6 is 0 Å². The van der Waals surface area contributed by atoms with E-state index in [1.165, 1.54) is 56.9 Å². The first-order chi connectivity index (χ1) is 12.0.